The number of likely N-dealkylation sites (tertiary alicyclic amines) is 1. The van der Waals surface area contributed by atoms with Gasteiger partial charge in [-0.3, -0.25) is 4.79 Å². The van der Waals surface area contributed by atoms with Crippen LogP contribution in [0.1, 0.15) is 25.3 Å². The van der Waals surface area contributed by atoms with E-state index in [1.54, 1.807) is 16.4 Å². The Hall–Kier alpha value is -1.44. The molecule has 1 N–H and O–H groups in total. The van der Waals surface area contributed by atoms with E-state index in [9.17, 15) is 13.2 Å². The van der Waals surface area contributed by atoms with E-state index < -0.39 is 10.0 Å². The maximum absolute atomic E-state index is 12.8. The van der Waals surface area contributed by atoms with Crippen molar-refractivity contribution in [2.45, 2.75) is 37.6 Å². The summed E-state index contributed by atoms with van der Waals surface area (Å²) in [6, 6.07) is 6.89. The van der Waals surface area contributed by atoms with Crippen molar-refractivity contribution in [3.8, 4) is 0 Å². The molecule has 138 valence electrons. The van der Waals surface area contributed by atoms with E-state index in [0.29, 0.717) is 31.1 Å². The number of quaternary nitrogens is 1. The lowest BCUT2D eigenvalue weighted by molar-refractivity contribution is -0.918. The standard InChI is InChI=1S/C18H27N3O3S/c1-15-5-7-17(8-6-15)25(23,24)21-13-11-19(12-14-21)16(2)18(22)20-9-3-4-10-20/h5-8,16H,3-4,9-14H2,1-2H3/p+1/t16-/m1/s1. The maximum Gasteiger partial charge on any atom is 0.280 e. The minimum atomic E-state index is -3.44. The monoisotopic (exact) mass is 366 g/mol. The first-order valence-electron chi connectivity index (χ1n) is 9.10. The third kappa shape index (κ3) is 3.88. The molecule has 3 rings (SSSR count). The van der Waals surface area contributed by atoms with Gasteiger partial charge in [0.05, 0.1) is 31.1 Å². The summed E-state index contributed by atoms with van der Waals surface area (Å²) < 4.78 is 27.1. The maximum atomic E-state index is 12.8. The molecule has 1 aromatic rings. The molecule has 2 fully saturated rings. The van der Waals surface area contributed by atoms with Crippen LogP contribution in [0.15, 0.2) is 29.2 Å². The number of hydrogen-bond donors (Lipinski definition) is 1. The summed E-state index contributed by atoms with van der Waals surface area (Å²) in [5.74, 6) is 0.211. The van der Waals surface area contributed by atoms with Gasteiger partial charge in [0.1, 0.15) is 0 Å². The Kier molecular flexibility index (Phi) is 5.46. The second-order valence-electron chi connectivity index (χ2n) is 7.13. The van der Waals surface area contributed by atoms with Crippen LogP contribution in [0.2, 0.25) is 0 Å². The van der Waals surface area contributed by atoms with Gasteiger partial charge in [-0.1, -0.05) is 17.7 Å². The minimum absolute atomic E-state index is 0.0951. The van der Waals surface area contributed by atoms with Crippen LogP contribution < -0.4 is 4.90 Å². The molecule has 0 aliphatic carbocycles. The van der Waals surface area contributed by atoms with Gasteiger partial charge >= 0.3 is 0 Å². The quantitative estimate of drug-likeness (QED) is 0.809. The molecule has 0 radical (unpaired) electrons. The van der Waals surface area contributed by atoms with E-state index in [-0.39, 0.29) is 11.9 Å². The third-order valence-corrected chi connectivity index (χ3v) is 7.34. The number of aryl methyl sites for hydroxylation is 1. The van der Waals surface area contributed by atoms with Gasteiger partial charge in [0.2, 0.25) is 10.0 Å². The molecule has 2 aliphatic heterocycles. The molecule has 2 saturated heterocycles. The minimum Gasteiger partial charge on any atom is -0.338 e. The molecular formula is C18H28N3O3S+. The molecule has 6 nitrogen and oxygen atoms in total. The van der Waals surface area contributed by atoms with Crippen molar-refractivity contribution in [2.75, 3.05) is 39.3 Å². The average molecular weight is 367 g/mol. The predicted molar refractivity (Wildman–Crippen MR) is 95.9 cm³/mol. The smallest absolute Gasteiger partial charge is 0.280 e. The first-order chi connectivity index (χ1) is 11.9. The summed E-state index contributed by atoms with van der Waals surface area (Å²) in [6.45, 7) is 7.91. The van der Waals surface area contributed by atoms with Crippen molar-refractivity contribution < 1.29 is 18.1 Å². The fourth-order valence-corrected chi connectivity index (χ4v) is 5.13. The Morgan fingerprint density at radius 3 is 2.16 bits per heavy atom. The van der Waals surface area contributed by atoms with Crippen LogP contribution in [0.4, 0.5) is 0 Å². The van der Waals surface area contributed by atoms with Crippen LogP contribution in [-0.2, 0) is 14.8 Å². The molecule has 1 aromatic carbocycles. The molecule has 0 bridgehead atoms. The van der Waals surface area contributed by atoms with Crippen molar-refractivity contribution in [1.29, 1.82) is 0 Å². The van der Waals surface area contributed by atoms with Crippen LogP contribution >= 0.6 is 0 Å². The van der Waals surface area contributed by atoms with Gasteiger partial charge in [0.25, 0.3) is 5.91 Å². The van der Waals surface area contributed by atoms with E-state index in [4.69, 9.17) is 0 Å². The number of amides is 1. The van der Waals surface area contributed by atoms with Gasteiger partial charge in [-0.05, 0) is 38.8 Å². The lowest BCUT2D eigenvalue weighted by atomic mass is 10.2. The highest BCUT2D eigenvalue weighted by Crippen LogP contribution is 2.16. The van der Waals surface area contributed by atoms with Crippen molar-refractivity contribution >= 4 is 15.9 Å². The van der Waals surface area contributed by atoms with Crippen LogP contribution in [0.3, 0.4) is 0 Å². The highest BCUT2D eigenvalue weighted by Gasteiger charge is 2.36. The lowest BCUT2D eigenvalue weighted by Crippen LogP contribution is -3.19. The first kappa shape index (κ1) is 18.4. The zero-order chi connectivity index (χ0) is 18.0. The number of carbonyl (C=O) groups excluding carboxylic acids is 1. The van der Waals surface area contributed by atoms with Gasteiger partial charge in [-0.2, -0.15) is 4.31 Å². The summed E-state index contributed by atoms with van der Waals surface area (Å²) in [4.78, 5) is 16.0. The van der Waals surface area contributed by atoms with Crippen molar-refractivity contribution in [1.82, 2.24) is 9.21 Å². The fraction of sp³-hybridized carbons (Fsp3) is 0.611. The van der Waals surface area contributed by atoms with Gasteiger partial charge < -0.3 is 9.80 Å². The van der Waals surface area contributed by atoms with E-state index in [2.05, 4.69) is 0 Å². The van der Waals surface area contributed by atoms with Crippen LogP contribution in [0.25, 0.3) is 0 Å². The number of sulfonamides is 1. The Labute approximate surface area is 150 Å². The topological polar surface area (TPSA) is 62.1 Å². The number of nitrogens with one attached hydrogen (secondary N) is 1. The molecule has 0 saturated carbocycles. The predicted octanol–water partition coefficient (Wildman–Crippen LogP) is -0.105. The summed E-state index contributed by atoms with van der Waals surface area (Å²) in [5, 5.41) is 0. The summed E-state index contributed by atoms with van der Waals surface area (Å²) in [5.41, 5.74) is 1.04. The molecule has 2 heterocycles. The van der Waals surface area contributed by atoms with Gasteiger partial charge in [-0.25, -0.2) is 8.42 Å². The zero-order valence-corrected chi connectivity index (χ0v) is 15.9. The Morgan fingerprint density at radius 1 is 1.04 bits per heavy atom. The number of carbonyl (C=O) groups is 1. The van der Waals surface area contributed by atoms with Gasteiger partial charge in [-0.15, -0.1) is 0 Å². The molecular weight excluding hydrogens is 338 g/mol. The fourth-order valence-electron chi connectivity index (χ4n) is 3.69. The number of rotatable bonds is 4. The number of benzene rings is 1. The number of piperazine rings is 1. The molecule has 1 amide bonds. The summed E-state index contributed by atoms with van der Waals surface area (Å²) in [7, 11) is -3.44. The second-order valence-corrected chi connectivity index (χ2v) is 9.07. The zero-order valence-electron chi connectivity index (χ0n) is 15.1. The normalized spacial score (nSPS) is 21.4. The number of hydrogen-bond acceptors (Lipinski definition) is 3. The Bertz CT molecular complexity index is 704. The highest BCUT2D eigenvalue weighted by molar-refractivity contribution is 7.89. The van der Waals surface area contributed by atoms with Crippen molar-refractivity contribution in [3.63, 3.8) is 0 Å². The third-order valence-electron chi connectivity index (χ3n) is 5.42. The van der Waals surface area contributed by atoms with E-state index in [0.717, 1.165) is 31.5 Å². The second kappa shape index (κ2) is 7.43. The van der Waals surface area contributed by atoms with E-state index in [1.807, 2.05) is 30.9 Å². The SMILES string of the molecule is Cc1ccc(S(=O)(=O)N2CC[NH+]([C@H](C)C(=O)N3CCCC3)CC2)cc1. The van der Waals surface area contributed by atoms with Crippen LogP contribution in [0.5, 0.6) is 0 Å². The molecule has 0 aromatic heterocycles. The summed E-state index contributed by atoms with van der Waals surface area (Å²) in [6.07, 6.45) is 2.19. The molecule has 1 atom stereocenters. The molecule has 0 unspecified atom stereocenters. The highest BCUT2D eigenvalue weighted by atomic mass is 32.2. The molecule has 25 heavy (non-hydrogen) atoms. The molecule has 2 aliphatic rings. The lowest BCUT2D eigenvalue weighted by Gasteiger charge is -2.35. The molecule has 0 spiro atoms. The van der Waals surface area contributed by atoms with Crippen molar-refractivity contribution in [3.05, 3.63) is 29.8 Å². The molecule has 7 heteroatoms. The first-order valence-corrected chi connectivity index (χ1v) is 10.5. The largest absolute Gasteiger partial charge is 0.338 e. The van der Waals surface area contributed by atoms with Crippen LogP contribution in [0, 0.1) is 6.92 Å². The Morgan fingerprint density at radius 2 is 1.60 bits per heavy atom. The van der Waals surface area contributed by atoms with E-state index in [1.165, 1.54) is 4.90 Å². The summed E-state index contributed by atoms with van der Waals surface area (Å²) >= 11 is 0. The van der Waals surface area contributed by atoms with Crippen LogP contribution in [-0.4, -0.2) is 68.8 Å². The van der Waals surface area contributed by atoms with Gasteiger partial charge in [0, 0.05) is 13.1 Å². The van der Waals surface area contributed by atoms with E-state index >= 15 is 0 Å². The number of nitrogens with zero attached hydrogens (tertiary/aromatic N) is 2. The van der Waals surface area contributed by atoms with Gasteiger partial charge in [0.15, 0.2) is 6.04 Å². The Balaban J connectivity index is 1.61. The van der Waals surface area contributed by atoms with Crippen molar-refractivity contribution in [2.24, 2.45) is 0 Å². The average Bonchev–Trinajstić information content (AvgIpc) is 3.15.